The molecule has 106 valence electrons. The van der Waals surface area contributed by atoms with Crippen molar-refractivity contribution >= 4 is 45.2 Å². The first-order valence-corrected chi connectivity index (χ1v) is 10.9. The lowest BCUT2D eigenvalue weighted by molar-refractivity contribution is -0.143. The highest BCUT2D eigenvalue weighted by atomic mass is 35.9. The summed E-state index contributed by atoms with van der Waals surface area (Å²) in [7, 11) is 0. The molecule has 0 aliphatic heterocycles. The van der Waals surface area contributed by atoms with Crippen LogP contribution < -0.4 is 5.09 Å². The molecule has 1 aliphatic rings. The summed E-state index contributed by atoms with van der Waals surface area (Å²) in [5, 5.41) is 3.14. The van der Waals surface area contributed by atoms with E-state index < -0.39 is 4.89 Å². The quantitative estimate of drug-likeness (QED) is 0.585. The van der Waals surface area contributed by atoms with Gasteiger partial charge >= 0.3 is 5.97 Å². The van der Waals surface area contributed by atoms with Crippen LogP contribution in [0.15, 0.2) is 0 Å². The fourth-order valence-corrected chi connectivity index (χ4v) is 4.37. The Kier molecular flexibility index (Phi) is 7.48. The number of hydrogen-bond donors (Lipinski definition) is 1. The van der Waals surface area contributed by atoms with E-state index in [4.69, 9.17) is 39.0 Å². The van der Waals surface area contributed by atoms with Crippen LogP contribution >= 0.6 is 27.4 Å². The first kappa shape index (κ1) is 16.7. The number of nitrogens with one attached hydrogen (secondary N) is 1. The topological polar surface area (TPSA) is 38.3 Å². The third kappa shape index (κ3) is 7.30. The van der Waals surface area contributed by atoms with Crippen LogP contribution in [0.4, 0.5) is 0 Å². The lowest BCUT2D eigenvalue weighted by Gasteiger charge is -2.30. The Morgan fingerprint density at radius 1 is 1.50 bits per heavy atom. The third-order valence-corrected chi connectivity index (χ3v) is 4.75. The molecule has 1 N–H and O–H groups in total. The van der Waals surface area contributed by atoms with E-state index >= 15 is 0 Å². The zero-order valence-electron chi connectivity index (χ0n) is 10.5. The Morgan fingerprint density at radius 3 is 2.83 bits per heavy atom. The van der Waals surface area contributed by atoms with Crippen LogP contribution in [0.5, 0.6) is 0 Å². The normalized spacial score (nSPS) is 24.8. The predicted molar refractivity (Wildman–Crippen MR) is 80.7 cm³/mol. The van der Waals surface area contributed by atoms with Crippen molar-refractivity contribution in [3.05, 3.63) is 0 Å². The van der Waals surface area contributed by atoms with Crippen LogP contribution in [0.3, 0.4) is 0 Å². The number of rotatable bonds is 6. The van der Waals surface area contributed by atoms with E-state index in [2.05, 4.69) is 5.09 Å². The molecule has 0 aromatic rings. The summed E-state index contributed by atoms with van der Waals surface area (Å²) in [6, 6.07) is 0.298. The zero-order valence-corrected chi connectivity index (χ0v) is 13.8. The molecule has 18 heavy (non-hydrogen) atoms. The van der Waals surface area contributed by atoms with E-state index in [-0.39, 0.29) is 5.97 Å². The van der Waals surface area contributed by atoms with Crippen molar-refractivity contribution in [2.24, 2.45) is 5.92 Å². The highest BCUT2D eigenvalue weighted by molar-refractivity contribution is 8.38. The largest absolute Gasteiger partial charge is 0.466 e. The smallest absolute Gasteiger partial charge is 0.305 e. The van der Waals surface area contributed by atoms with Crippen LogP contribution in [0.1, 0.15) is 45.4 Å². The molecule has 0 spiro atoms. The van der Waals surface area contributed by atoms with E-state index in [0.29, 0.717) is 25.0 Å². The molecular weight excluding hydrogens is 312 g/mol. The Labute approximate surface area is 124 Å². The van der Waals surface area contributed by atoms with Crippen LogP contribution in [-0.2, 0) is 21.3 Å². The Balaban J connectivity index is 2.30. The summed E-state index contributed by atoms with van der Waals surface area (Å²) in [4.78, 5) is 8.93. The monoisotopic (exact) mass is 331 g/mol. The molecular formula is C11H20Cl2NO2PS. The standard InChI is InChI=1S/C11H20Cl2NO2PS/c1-2-16-11(15)7-6-9-4-3-5-10(8-9)14-17(12,13)18/h9-10H,2-8H2,1H3,(H,14,18). The molecule has 0 amide bonds. The van der Waals surface area contributed by atoms with Crippen molar-refractivity contribution < 1.29 is 9.53 Å². The van der Waals surface area contributed by atoms with Gasteiger partial charge in [-0.05, 0) is 43.9 Å². The number of ether oxygens (including phenoxy) is 1. The van der Waals surface area contributed by atoms with Crippen LogP contribution in [0.25, 0.3) is 0 Å². The van der Waals surface area contributed by atoms with Gasteiger partial charge in [0.1, 0.15) is 0 Å². The van der Waals surface area contributed by atoms with Gasteiger partial charge in [0.15, 0.2) is 4.89 Å². The van der Waals surface area contributed by atoms with Crippen LogP contribution in [0.2, 0.25) is 0 Å². The second-order valence-corrected chi connectivity index (χ2v) is 12.3. The molecule has 2 atom stereocenters. The van der Waals surface area contributed by atoms with Gasteiger partial charge in [-0.2, -0.15) is 0 Å². The SMILES string of the molecule is CCOC(=O)CCC1CCCC(NP(=S)(Cl)Cl)C1. The van der Waals surface area contributed by atoms with Crippen molar-refractivity contribution in [1.29, 1.82) is 0 Å². The molecule has 7 heteroatoms. The lowest BCUT2D eigenvalue weighted by Crippen LogP contribution is -2.30. The molecule has 0 aromatic heterocycles. The minimum absolute atomic E-state index is 0.104. The summed E-state index contributed by atoms with van der Waals surface area (Å²) in [5.74, 6) is 0.433. The Bertz CT molecular complexity index is 324. The van der Waals surface area contributed by atoms with Gasteiger partial charge in [0.25, 0.3) is 0 Å². The predicted octanol–water partition coefficient (Wildman–Crippen LogP) is 4.18. The lowest BCUT2D eigenvalue weighted by atomic mass is 9.83. The number of hydrogen-bond acceptors (Lipinski definition) is 3. The molecule has 0 heterocycles. The van der Waals surface area contributed by atoms with E-state index in [1.807, 2.05) is 6.92 Å². The van der Waals surface area contributed by atoms with Gasteiger partial charge in [0.2, 0.25) is 0 Å². The minimum atomic E-state index is -2.37. The summed E-state index contributed by atoms with van der Waals surface area (Å²) < 4.78 is 4.93. The zero-order chi connectivity index (χ0) is 13.6. The van der Waals surface area contributed by atoms with E-state index in [0.717, 1.165) is 32.1 Å². The van der Waals surface area contributed by atoms with Crippen molar-refractivity contribution in [3.63, 3.8) is 0 Å². The summed E-state index contributed by atoms with van der Waals surface area (Å²) in [5.41, 5.74) is 0. The molecule has 0 saturated heterocycles. The van der Waals surface area contributed by atoms with Gasteiger partial charge in [0.05, 0.1) is 6.61 Å². The Morgan fingerprint density at radius 2 is 2.22 bits per heavy atom. The second-order valence-electron chi connectivity index (χ2n) is 4.66. The molecule has 1 rings (SSSR count). The number of esters is 1. The molecule has 1 saturated carbocycles. The molecule has 0 radical (unpaired) electrons. The van der Waals surface area contributed by atoms with Crippen molar-refractivity contribution in [3.8, 4) is 0 Å². The van der Waals surface area contributed by atoms with Gasteiger partial charge in [-0.1, -0.05) is 35.3 Å². The van der Waals surface area contributed by atoms with Crippen LogP contribution in [-0.4, -0.2) is 18.6 Å². The van der Waals surface area contributed by atoms with Crippen molar-refractivity contribution in [1.82, 2.24) is 5.09 Å². The summed E-state index contributed by atoms with van der Waals surface area (Å²) in [6.07, 6.45) is 5.73. The minimum Gasteiger partial charge on any atom is -0.466 e. The van der Waals surface area contributed by atoms with Gasteiger partial charge in [-0.15, -0.1) is 0 Å². The van der Waals surface area contributed by atoms with Gasteiger partial charge in [-0.25, -0.2) is 0 Å². The van der Waals surface area contributed by atoms with E-state index in [9.17, 15) is 4.79 Å². The van der Waals surface area contributed by atoms with Crippen molar-refractivity contribution in [2.75, 3.05) is 6.61 Å². The molecule has 0 bridgehead atoms. The summed E-state index contributed by atoms with van der Waals surface area (Å²) >= 11 is 16.8. The fourth-order valence-electron chi connectivity index (χ4n) is 2.44. The maximum Gasteiger partial charge on any atom is 0.305 e. The highest BCUT2D eigenvalue weighted by Crippen LogP contribution is 2.54. The molecule has 3 nitrogen and oxygen atoms in total. The van der Waals surface area contributed by atoms with Crippen LogP contribution in [0, 0.1) is 5.92 Å². The highest BCUT2D eigenvalue weighted by Gasteiger charge is 2.25. The molecule has 2 unspecified atom stereocenters. The van der Waals surface area contributed by atoms with Gasteiger partial charge in [-0.3, -0.25) is 9.88 Å². The average Bonchev–Trinajstić information content (AvgIpc) is 2.25. The van der Waals surface area contributed by atoms with Gasteiger partial charge < -0.3 is 4.74 Å². The number of carbonyl (C=O) groups excluding carboxylic acids is 1. The maximum atomic E-state index is 11.3. The number of halogens is 2. The summed E-state index contributed by atoms with van der Waals surface area (Å²) in [6.45, 7) is 2.28. The molecule has 1 aliphatic carbocycles. The first-order chi connectivity index (χ1) is 8.40. The average molecular weight is 332 g/mol. The third-order valence-electron chi connectivity index (χ3n) is 3.18. The van der Waals surface area contributed by atoms with E-state index in [1.54, 1.807) is 0 Å². The maximum absolute atomic E-state index is 11.3. The molecule has 0 aromatic carbocycles. The molecule has 1 fully saturated rings. The number of carbonyl (C=O) groups is 1. The first-order valence-electron chi connectivity index (χ1n) is 6.33. The fraction of sp³-hybridized carbons (Fsp3) is 0.909. The second kappa shape index (κ2) is 8.06. The van der Waals surface area contributed by atoms with Gasteiger partial charge in [0, 0.05) is 12.5 Å². The van der Waals surface area contributed by atoms with E-state index in [1.165, 1.54) is 0 Å². The Hall–Kier alpha value is 0.660. The van der Waals surface area contributed by atoms with Crippen molar-refractivity contribution in [2.45, 2.75) is 51.5 Å².